The molecule has 1 fully saturated rings. The van der Waals surface area contributed by atoms with Gasteiger partial charge in [-0.05, 0) is 18.8 Å². The van der Waals surface area contributed by atoms with Gasteiger partial charge in [0.25, 0.3) is 0 Å². The number of nitrogens with zero attached hydrogens (tertiary/aromatic N) is 1. The Hall–Kier alpha value is -0.530. The third-order valence-electron chi connectivity index (χ3n) is 3.23. The second-order valence-electron chi connectivity index (χ2n) is 4.42. The minimum atomic E-state index is 0.536. The van der Waals surface area contributed by atoms with Gasteiger partial charge in [-0.25, -0.2) is 0 Å². The first-order chi connectivity index (χ1) is 6.15. The quantitative estimate of drug-likeness (QED) is 0.516. The largest absolute Gasteiger partial charge is 0.366 e. The van der Waals surface area contributed by atoms with Crippen molar-refractivity contribution in [3.8, 4) is 0 Å². The summed E-state index contributed by atoms with van der Waals surface area (Å²) >= 11 is 0. The number of rotatable bonds is 2. The lowest BCUT2D eigenvalue weighted by Gasteiger charge is -2.31. The van der Waals surface area contributed by atoms with E-state index in [-0.39, 0.29) is 0 Å². The second-order valence-corrected chi connectivity index (χ2v) is 4.42. The van der Waals surface area contributed by atoms with E-state index in [1.54, 1.807) is 0 Å². The van der Waals surface area contributed by atoms with Crippen molar-refractivity contribution in [1.29, 1.82) is 5.41 Å². The molecule has 0 aromatic rings. The molecule has 1 N–H and O–H groups in total. The van der Waals surface area contributed by atoms with Crippen LogP contribution < -0.4 is 0 Å². The summed E-state index contributed by atoms with van der Waals surface area (Å²) < 4.78 is 0. The maximum Gasteiger partial charge on any atom is 0.0984 e. The van der Waals surface area contributed by atoms with Gasteiger partial charge in [0.15, 0.2) is 0 Å². The van der Waals surface area contributed by atoms with E-state index in [0.717, 1.165) is 11.8 Å². The maximum absolute atomic E-state index is 7.93. The molecular formula is C11H22N2. The average Bonchev–Trinajstić information content (AvgIpc) is 2.16. The van der Waals surface area contributed by atoms with Crippen LogP contribution >= 0.6 is 0 Å². The summed E-state index contributed by atoms with van der Waals surface area (Å²) in [5.74, 6) is 2.24. The normalized spacial score (nSPS) is 28.5. The summed E-state index contributed by atoms with van der Waals surface area (Å²) in [6.45, 7) is 2.27. The Morgan fingerprint density at radius 2 is 2.08 bits per heavy atom. The van der Waals surface area contributed by atoms with Crippen molar-refractivity contribution in [2.75, 3.05) is 14.1 Å². The van der Waals surface area contributed by atoms with Gasteiger partial charge in [-0.1, -0.05) is 26.2 Å². The molecule has 0 aliphatic heterocycles. The molecule has 0 radical (unpaired) electrons. The van der Waals surface area contributed by atoms with Gasteiger partial charge in [0.1, 0.15) is 0 Å². The number of hydrogen-bond donors (Lipinski definition) is 1. The highest BCUT2D eigenvalue weighted by Crippen LogP contribution is 2.31. The molecule has 0 heterocycles. The molecule has 2 nitrogen and oxygen atoms in total. The average molecular weight is 182 g/mol. The SMILES string of the molecule is CCC1CCCC(C(=N)N(C)C)C1. The number of nitrogens with one attached hydrogen (secondary N) is 1. The number of hydrogen-bond acceptors (Lipinski definition) is 1. The molecule has 0 bridgehead atoms. The maximum atomic E-state index is 7.93. The van der Waals surface area contributed by atoms with E-state index >= 15 is 0 Å². The van der Waals surface area contributed by atoms with Crippen molar-refractivity contribution in [3.63, 3.8) is 0 Å². The standard InChI is InChI=1S/C11H22N2/c1-4-9-6-5-7-10(8-9)11(12)13(2)3/h9-10,12H,4-8H2,1-3H3. The highest BCUT2D eigenvalue weighted by atomic mass is 15.1. The Morgan fingerprint density at radius 3 is 2.62 bits per heavy atom. The predicted molar refractivity (Wildman–Crippen MR) is 57.2 cm³/mol. The first kappa shape index (κ1) is 10.6. The monoisotopic (exact) mass is 182 g/mol. The van der Waals surface area contributed by atoms with Crippen molar-refractivity contribution in [2.45, 2.75) is 39.0 Å². The van der Waals surface area contributed by atoms with E-state index in [2.05, 4.69) is 6.92 Å². The van der Waals surface area contributed by atoms with E-state index in [4.69, 9.17) is 5.41 Å². The smallest absolute Gasteiger partial charge is 0.0984 e. The molecule has 0 spiro atoms. The Morgan fingerprint density at radius 1 is 1.38 bits per heavy atom. The van der Waals surface area contributed by atoms with E-state index in [1.165, 1.54) is 32.1 Å². The molecule has 2 atom stereocenters. The molecule has 0 aromatic heterocycles. The van der Waals surface area contributed by atoms with Crippen LogP contribution in [0.5, 0.6) is 0 Å². The van der Waals surface area contributed by atoms with Crippen LogP contribution in [0.4, 0.5) is 0 Å². The number of amidine groups is 1. The first-order valence-corrected chi connectivity index (χ1v) is 5.41. The highest BCUT2D eigenvalue weighted by molar-refractivity contribution is 5.81. The van der Waals surface area contributed by atoms with E-state index < -0.39 is 0 Å². The van der Waals surface area contributed by atoms with Crippen LogP contribution in [0.3, 0.4) is 0 Å². The molecule has 1 saturated carbocycles. The Labute approximate surface area is 81.8 Å². The molecule has 13 heavy (non-hydrogen) atoms. The molecular weight excluding hydrogens is 160 g/mol. The molecule has 2 heteroatoms. The Balaban J connectivity index is 2.46. The van der Waals surface area contributed by atoms with E-state index in [1.807, 2.05) is 19.0 Å². The van der Waals surface area contributed by atoms with Crippen molar-refractivity contribution < 1.29 is 0 Å². The van der Waals surface area contributed by atoms with Gasteiger partial charge in [0, 0.05) is 20.0 Å². The molecule has 0 saturated heterocycles. The van der Waals surface area contributed by atoms with Crippen LogP contribution in [0.1, 0.15) is 39.0 Å². The summed E-state index contributed by atoms with van der Waals surface area (Å²) in [7, 11) is 3.97. The minimum absolute atomic E-state index is 0.536. The fourth-order valence-corrected chi connectivity index (χ4v) is 2.28. The zero-order valence-electron chi connectivity index (χ0n) is 9.14. The fourth-order valence-electron chi connectivity index (χ4n) is 2.28. The molecule has 1 rings (SSSR count). The lowest BCUT2D eigenvalue weighted by molar-refractivity contribution is 0.297. The van der Waals surface area contributed by atoms with Gasteiger partial charge in [-0.3, -0.25) is 5.41 Å². The lowest BCUT2D eigenvalue weighted by atomic mass is 9.79. The zero-order valence-corrected chi connectivity index (χ0v) is 9.14. The van der Waals surface area contributed by atoms with Gasteiger partial charge >= 0.3 is 0 Å². The molecule has 1 aliphatic rings. The van der Waals surface area contributed by atoms with Gasteiger partial charge in [0.05, 0.1) is 5.84 Å². The van der Waals surface area contributed by atoms with Crippen LogP contribution in [0, 0.1) is 17.2 Å². The van der Waals surface area contributed by atoms with Crippen molar-refractivity contribution in [3.05, 3.63) is 0 Å². The van der Waals surface area contributed by atoms with Crippen LogP contribution in [0.2, 0.25) is 0 Å². The van der Waals surface area contributed by atoms with Crippen LogP contribution in [0.15, 0.2) is 0 Å². The van der Waals surface area contributed by atoms with Crippen LogP contribution in [-0.2, 0) is 0 Å². The van der Waals surface area contributed by atoms with Gasteiger partial charge in [-0.2, -0.15) is 0 Å². The Bertz CT molecular complexity index is 175. The molecule has 0 aromatic carbocycles. The Kier molecular flexibility index (Phi) is 3.76. The molecule has 0 amide bonds. The third-order valence-corrected chi connectivity index (χ3v) is 3.23. The summed E-state index contributed by atoms with van der Waals surface area (Å²) in [6.07, 6.45) is 6.46. The van der Waals surface area contributed by atoms with Crippen LogP contribution in [0.25, 0.3) is 0 Å². The van der Waals surface area contributed by atoms with Crippen molar-refractivity contribution in [1.82, 2.24) is 4.90 Å². The zero-order chi connectivity index (χ0) is 9.84. The summed E-state index contributed by atoms with van der Waals surface area (Å²) in [5, 5.41) is 7.93. The fraction of sp³-hybridized carbons (Fsp3) is 0.909. The molecule has 1 aliphatic carbocycles. The van der Waals surface area contributed by atoms with E-state index in [9.17, 15) is 0 Å². The van der Waals surface area contributed by atoms with Gasteiger partial charge in [-0.15, -0.1) is 0 Å². The second kappa shape index (κ2) is 4.64. The molecule has 2 unspecified atom stereocenters. The lowest BCUT2D eigenvalue weighted by Crippen LogP contribution is -2.32. The third kappa shape index (κ3) is 2.71. The van der Waals surface area contributed by atoms with E-state index in [0.29, 0.717) is 5.92 Å². The van der Waals surface area contributed by atoms with Crippen LogP contribution in [-0.4, -0.2) is 24.8 Å². The first-order valence-electron chi connectivity index (χ1n) is 5.41. The van der Waals surface area contributed by atoms with Gasteiger partial charge < -0.3 is 4.90 Å². The van der Waals surface area contributed by atoms with Gasteiger partial charge in [0.2, 0.25) is 0 Å². The predicted octanol–water partition coefficient (Wildman–Crippen LogP) is 2.74. The summed E-state index contributed by atoms with van der Waals surface area (Å²) in [6, 6.07) is 0. The highest BCUT2D eigenvalue weighted by Gasteiger charge is 2.24. The minimum Gasteiger partial charge on any atom is -0.366 e. The topological polar surface area (TPSA) is 27.1 Å². The van der Waals surface area contributed by atoms with Crippen molar-refractivity contribution >= 4 is 5.84 Å². The van der Waals surface area contributed by atoms with Crippen molar-refractivity contribution in [2.24, 2.45) is 11.8 Å². The summed E-state index contributed by atoms with van der Waals surface area (Å²) in [4.78, 5) is 1.96. The molecule has 76 valence electrons. The summed E-state index contributed by atoms with van der Waals surface area (Å²) in [5.41, 5.74) is 0.